The molecule has 2 aromatic heterocycles. The Bertz CT molecular complexity index is 1420. The molecule has 0 N–H and O–H groups in total. The van der Waals surface area contributed by atoms with Crippen LogP contribution in [0.15, 0.2) is 67.3 Å². The van der Waals surface area contributed by atoms with Gasteiger partial charge >= 0.3 is 11.9 Å². The summed E-state index contributed by atoms with van der Waals surface area (Å²) in [5.41, 5.74) is 2.25. The molecule has 1 aromatic carbocycles. The standard InChI is InChI=1S/C32H30N2O4/c1-3-32(38-30(36)23-7-5-17-34-20-23)15-13-28-27-10-8-21-18-24(37-29(35)22-6-4-16-33-19-22)9-11-25(21)26(27)12-14-31(28,32)2/h1,4-7,9,11,16-20,26-28H,8,10,12-15H2,2H3/t26-,27-,28+,31+,32+/m1/s1. The predicted octanol–water partition coefficient (Wildman–Crippen LogP) is 5.78. The Balaban J connectivity index is 1.22. The minimum Gasteiger partial charge on any atom is -0.442 e. The average Bonchev–Trinajstić information content (AvgIpc) is 3.25. The monoisotopic (exact) mass is 506 g/mol. The maximum absolute atomic E-state index is 13.0. The Morgan fingerprint density at radius 1 is 0.974 bits per heavy atom. The smallest absolute Gasteiger partial charge is 0.345 e. The highest BCUT2D eigenvalue weighted by Gasteiger charge is 2.63. The maximum atomic E-state index is 13.0. The van der Waals surface area contributed by atoms with Crippen LogP contribution >= 0.6 is 0 Å². The van der Waals surface area contributed by atoms with Gasteiger partial charge in [-0.3, -0.25) is 9.97 Å². The summed E-state index contributed by atoms with van der Waals surface area (Å²) in [4.78, 5) is 33.6. The van der Waals surface area contributed by atoms with E-state index in [-0.39, 0.29) is 5.41 Å². The second-order valence-electron chi connectivity index (χ2n) is 11.0. The third-order valence-corrected chi connectivity index (χ3v) is 9.32. The molecule has 6 heteroatoms. The Morgan fingerprint density at radius 2 is 1.71 bits per heavy atom. The average molecular weight is 507 g/mol. The Labute approximate surface area is 222 Å². The fourth-order valence-electron chi connectivity index (χ4n) is 7.40. The van der Waals surface area contributed by atoms with E-state index < -0.39 is 17.5 Å². The van der Waals surface area contributed by atoms with Gasteiger partial charge in [-0.05, 0) is 104 Å². The van der Waals surface area contributed by atoms with E-state index in [2.05, 4.69) is 28.9 Å². The highest BCUT2D eigenvalue weighted by molar-refractivity contribution is 5.90. The lowest BCUT2D eigenvalue weighted by atomic mass is 9.53. The molecule has 0 radical (unpaired) electrons. The first-order valence-electron chi connectivity index (χ1n) is 13.3. The van der Waals surface area contributed by atoms with Gasteiger partial charge in [0.15, 0.2) is 5.60 Å². The zero-order valence-corrected chi connectivity index (χ0v) is 21.4. The van der Waals surface area contributed by atoms with Crippen LogP contribution in [0.5, 0.6) is 5.75 Å². The number of esters is 2. The summed E-state index contributed by atoms with van der Waals surface area (Å²) in [5, 5.41) is 0. The van der Waals surface area contributed by atoms with Crippen LogP contribution in [0.1, 0.15) is 76.8 Å². The number of rotatable bonds is 4. The number of hydrogen-bond donors (Lipinski definition) is 0. The molecule has 0 spiro atoms. The topological polar surface area (TPSA) is 78.4 Å². The van der Waals surface area contributed by atoms with E-state index in [1.165, 1.54) is 23.5 Å². The van der Waals surface area contributed by atoms with E-state index in [1.807, 2.05) is 12.1 Å². The van der Waals surface area contributed by atoms with Crippen molar-refractivity contribution < 1.29 is 19.1 Å². The van der Waals surface area contributed by atoms with Gasteiger partial charge in [-0.15, -0.1) is 6.42 Å². The number of hydrogen-bond acceptors (Lipinski definition) is 6. The van der Waals surface area contributed by atoms with E-state index in [1.54, 1.807) is 36.7 Å². The van der Waals surface area contributed by atoms with Crippen LogP contribution in [0.25, 0.3) is 0 Å². The van der Waals surface area contributed by atoms with E-state index in [0.717, 1.165) is 32.1 Å². The van der Waals surface area contributed by atoms with Crippen LogP contribution in [-0.4, -0.2) is 27.5 Å². The second-order valence-corrected chi connectivity index (χ2v) is 11.0. The largest absolute Gasteiger partial charge is 0.442 e. The van der Waals surface area contributed by atoms with Crippen molar-refractivity contribution in [3.63, 3.8) is 0 Å². The normalized spacial score (nSPS) is 29.2. The van der Waals surface area contributed by atoms with E-state index >= 15 is 0 Å². The molecule has 3 aromatic rings. The van der Waals surface area contributed by atoms with Crippen molar-refractivity contribution >= 4 is 11.9 Å². The lowest BCUT2D eigenvalue weighted by Crippen LogP contribution is -2.52. The maximum Gasteiger partial charge on any atom is 0.345 e. The molecule has 3 aliphatic rings. The number of ether oxygens (including phenoxy) is 2. The summed E-state index contributed by atoms with van der Waals surface area (Å²) in [5.74, 6) is 3.97. The highest BCUT2D eigenvalue weighted by atomic mass is 16.6. The third-order valence-electron chi connectivity index (χ3n) is 9.32. The van der Waals surface area contributed by atoms with Crippen LogP contribution in [0, 0.1) is 29.6 Å². The van der Waals surface area contributed by atoms with Gasteiger partial charge < -0.3 is 9.47 Å². The number of pyridine rings is 2. The molecular weight excluding hydrogens is 476 g/mol. The number of fused-ring (bicyclic) bond motifs is 5. The molecule has 0 amide bonds. The van der Waals surface area contributed by atoms with Crippen LogP contribution in [0.3, 0.4) is 0 Å². The molecule has 3 aliphatic carbocycles. The second kappa shape index (κ2) is 9.40. The molecule has 0 aliphatic heterocycles. The quantitative estimate of drug-likeness (QED) is 0.254. The fourth-order valence-corrected chi connectivity index (χ4v) is 7.40. The van der Waals surface area contributed by atoms with Crippen molar-refractivity contribution in [1.29, 1.82) is 0 Å². The van der Waals surface area contributed by atoms with Gasteiger partial charge in [0.2, 0.25) is 0 Å². The molecule has 192 valence electrons. The molecule has 38 heavy (non-hydrogen) atoms. The van der Waals surface area contributed by atoms with Crippen LogP contribution in [-0.2, 0) is 11.2 Å². The van der Waals surface area contributed by atoms with Gasteiger partial charge in [0.05, 0.1) is 11.1 Å². The zero-order valence-electron chi connectivity index (χ0n) is 21.4. The molecule has 6 nitrogen and oxygen atoms in total. The fraction of sp³-hybridized carbons (Fsp3) is 0.375. The zero-order chi connectivity index (χ0) is 26.3. The van der Waals surface area contributed by atoms with Crippen LogP contribution in [0.2, 0.25) is 0 Å². The molecule has 0 bridgehead atoms. The Hall–Kier alpha value is -3.98. The van der Waals surface area contributed by atoms with Crippen molar-refractivity contribution in [2.45, 2.75) is 57.0 Å². The number of carbonyl (C=O) groups excluding carboxylic acids is 2. The van der Waals surface area contributed by atoms with E-state index in [9.17, 15) is 9.59 Å². The predicted molar refractivity (Wildman–Crippen MR) is 141 cm³/mol. The van der Waals surface area contributed by atoms with Crippen molar-refractivity contribution in [2.24, 2.45) is 17.3 Å². The van der Waals surface area contributed by atoms with Crippen molar-refractivity contribution in [1.82, 2.24) is 9.97 Å². The minimum absolute atomic E-state index is 0.280. The molecule has 5 atom stereocenters. The van der Waals surface area contributed by atoms with Crippen molar-refractivity contribution in [2.75, 3.05) is 0 Å². The van der Waals surface area contributed by atoms with Gasteiger partial charge in [0, 0.05) is 30.2 Å². The molecule has 6 rings (SSSR count). The van der Waals surface area contributed by atoms with Gasteiger partial charge in [-0.2, -0.15) is 0 Å². The molecule has 2 fully saturated rings. The first kappa shape index (κ1) is 24.4. The first-order chi connectivity index (χ1) is 18.4. The summed E-state index contributed by atoms with van der Waals surface area (Å²) in [6, 6.07) is 12.9. The number of aromatic nitrogens is 2. The summed E-state index contributed by atoms with van der Waals surface area (Å²) >= 11 is 0. The van der Waals surface area contributed by atoms with E-state index in [4.69, 9.17) is 15.9 Å². The van der Waals surface area contributed by atoms with Crippen molar-refractivity contribution in [3.05, 3.63) is 89.5 Å². The Morgan fingerprint density at radius 3 is 2.39 bits per heavy atom. The first-order valence-corrected chi connectivity index (χ1v) is 13.3. The minimum atomic E-state index is -0.916. The molecule has 0 unspecified atom stereocenters. The summed E-state index contributed by atoms with van der Waals surface area (Å²) in [6.45, 7) is 2.23. The van der Waals surface area contributed by atoms with Crippen molar-refractivity contribution in [3.8, 4) is 18.1 Å². The lowest BCUT2D eigenvalue weighted by molar-refractivity contribution is -0.0796. The van der Waals surface area contributed by atoms with Crippen LogP contribution in [0.4, 0.5) is 0 Å². The molecule has 2 heterocycles. The van der Waals surface area contributed by atoms with Gasteiger partial charge in [-0.1, -0.05) is 18.9 Å². The number of benzene rings is 1. The number of aryl methyl sites for hydroxylation is 1. The van der Waals surface area contributed by atoms with E-state index in [0.29, 0.717) is 41.1 Å². The molecule has 0 saturated heterocycles. The lowest BCUT2D eigenvalue weighted by Gasteiger charge is -2.52. The summed E-state index contributed by atoms with van der Waals surface area (Å²) in [6.07, 6.45) is 17.9. The summed E-state index contributed by atoms with van der Waals surface area (Å²) in [7, 11) is 0. The third kappa shape index (κ3) is 3.89. The summed E-state index contributed by atoms with van der Waals surface area (Å²) < 4.78 is 11.8. The molecular formula is C32H30N2O4. The molecule has 2 saturated carbocycles. The number of nitrogens with zero attached hydrogens (tertiary/aromatic N) is 2. The van der Waals surface area contributed by atoms with Gasteiger partial charge in [0.25, 0.3) is 0 Å². The van der Waals surface area contributed by atoms with Crippen LogP contribution < -0.4 is 4.74 Å². The van der Waals surface area contributed by atoms with Gasteiger partial charge in [-0.25, -0.2) is 9.59 Å². The van der Waals surface area contributed by atoms with Gasteiger partial charge in [0.1, 0.15) is 5.75 Å². The Kier molecular flexibility index (Phi) is 6.03. The number of terminal acetylenes is 1. The number of carbonyl (C=O) groups is 2. The highest BCUT2D eigenvalue weighted by Crippen LogP contribution is 2.65. The SMILES string of the molecule is C#C[C@]1(OC(=O)c2cccnc2)CC[C@H]2[C@@H]3CCc4cc(OC(=O)c5cccnc5)ccc4[C@H]3CC[C@@]21C.